The number of esters is 1. The van der Waals surface area contributed by atoms with Crippen molar-refractivity contribution in [2.45, 2.75) is 32.1 Å². The number of ketones is 1. The third-order valence-corrected chi connectivity index (χ3v) is 5.38. The first-order chi connectivity index (χ1) is 14.9. The fourth-order valence-corrected chi connectivity index (χ4v) is 3.71. The lowest BCUT2D eigenvalue weighted by Gasteiger charge is -2.13. The Hall–Kier alpha value is -3.06. The number of ether oxygens (including phenoxy) is 3. The summed E-state index contributed by atoms with van der Waals surface area (Å²) in [6.45, 7) is -0.487. The standard InChI is InChI=1S/C23H24ClNO6/c1-29-20-12-21(30-2)18(11-17(20)24)25-22(27)13-31-23(28)9-8-19(26)16-7-6-14-4-3-5-15(14)10-16/h6-7,10-12H,3-5,8-9,13H2,1-2H3,(H,25,27). The van der Waals surface area contributed by atoms with Gasteiger partial charge < -0.3 is 19.5 Å². The van der Waals surface area contributed by atoms with E-state index in [4.69, 9.17) is 25.8 Å². The van der Waals surface area contributed by atoms with Crippen molar-refractivity contribution in [3.8, 4) is 11.5 Å². The normalized spacial score (nSPS) is 12.1. The number of rotatable bonds is 9. The Morgan fingerprint density at radius 3 is 2.45 bits per heavy atom. The minimum Gasteiger partial charge on any atom is -0.495 e. The predicted octanol–water partition coefficient (Wildman–Crippen LogP) is 3.99. The molecule has 8 heteroatoms. The second-order valence-corrected chi connectivity index (χ2v) is 7.56. The summed E-state index contributed by atoms with van der Waals surface area (Å²) in [4.78, 5) is 36.5. The average molecular weight is 446 g/mol. The van der Waals surface area contributed by atoms with Gasteiger partial charge in [-0.3, -0.25) is 14.4 Å². The van der Waals surface area contributed by atoms with Gasteiger partial charge in [0, 0.05) is 18.1 Å². The number of nitrogens with one attached hydrogen (secondary N) is 1. The van der Waals surface area contributed by atoms with Crippen LogP contribution in [0.15, 0.2) is 30.3 Å². The number of hydrogen-bond donors (Lipinski definition) is 1. The first-order valence-corrected chi connectivity index (χ1v) is 10.3. The molecule has 0 fully saturated rings. The van der Waals surface area contributed by atoms with Crippen molar-refractivity contribution >= 4 is 34.9 Å². The topological polar surface area (TPSA) is 90.9 Å². The van der Waals surface area contributed by atoms with Crippen LogP contribution in [-0.4, -0.2) is 38.5 Å². The van der Waals surface area contributed by atoms with Gasteiger partial charge in [-0.15, -0.1) is 0 Å². The van der Waals surface area contributed by atoms with E-state index in [1.807, 2.05) is 12.1 Å². The number of carbonyl (C=O) groups excluding carboxylic acids is 3. The minimum absolute atomic E-state index is 0.0289. The number of hydrogen-bond acceptors (Lipinski definition) is 6. The Morgan fingerprint density at radius 2 is 1.71 bits per heavy atom. The van der Waals surface area contributed by atoms with E-state index in [9.17, 15) is 14.4 Å². The van der Waals surface area contributed by atoms with Crippen molar-refractivity contribution in [3.63, 3.8) is 0 Å². The zero-order chi connectivity index (χ0) is 22.4. The summed E-state index contributed by atoms with van der Waals surface area (Å²) in [6.07, 6.45) is 3.07. The van der Waals surface area contributed by atoms with Crippen LogP contribution < -0.4 is 14.8 Å². The zero-order valence-electron chi connectivity index (χ0n) is 17.5. The zero-order valence-corrected chi connectivity index (χ0v) is 18.2. The number of Topliss-reactive ketones (excluding diaryl/α,β-unsaturated/α-hetero) is 1. The maximum atomic E-state index is 12.4. The first kappa shape index (κ1) is 22.6. The molecule has 1 N–H and O–H groups in total. The van der Waals surface area contributed by atoms with Crippen molar-refractivity contribution < 1.29 is 28.6 Å². The second kappa shape index (κ2) is 10.3. The Labute approximate surface area is 185 Å². The Bertz CT molecular complexity index is 1000. The van der Waals surface area contributed by atoms with Gasteiger partial charge in [0.15, 0.2) is 12.4 Å². The first-order valence-electron chi connectivity index (χ1n) is 9.93. The molecule has 0 radical (unpaired) electrons. The van der Waals surface area contributed by atoms with Gasteiger partial charge in [-0.05, 0) is 42.5 Å². The molecule has 2 aromatic carbocycles. The van der Waals surface area contributed by atoms with Crippen LogP contribution in [0.2, 0.25) is 5.02 Å². The van der Waals surface area contributed by atoms with E-state index in [-0.39, 0.29) is 18.6 Å². The van der Waals surface area contributed by atoms with E-state index in [2.05, 4.69) is 5.32 Å². The van der Waals surface area contributed by atoms with Crippen LogP contribution >= 0.6 is 11.6 Å². The molecular weight excluding hydrogens is 422 g/mol. The number of benzene rings is 2. The van der Waals surface area contributed by atoms with Crippen molar-refractivity contribution in [3.05, 3.63) is 52.0 Å². The molecule has 0 atom stereocenters. The summed E-state index contributed by atoms with van der Waals surface area (Å²) in [7, 11) is 2.91. The van der Waals surface area contributed by atoms with E-state index in [1.165, 1.54) is 37.5 Å². The molecule has 1 aliphatic carbocycles. The molecule has 164 valence electrons. The fourth-order valence-electron chi connectivity index (χ4n) is 3.47. The van der Waals surface area contributed by atoms with Crippen molar-refractivity contribution in [2.75, 3.05) is 26.1 Å². The lowest BCUT2D eigenvalue weighted by atomic mass is 10.0. The molecule has 0 aromatic heterocycles. The molecule has 0 bridgehead atoms. The largest absolute Gasteiger partial charge is 0.495 e. The maximum absolute atomic E-state index is 12.4. The molecule has 0 saturated heterocycles. The van der Waals surface area contributed by atoms with E-state index in [1.54, 1.807) is 6.07 Å². The Morgan fingerprint density at radius 1 is 0.968 bits per heavy atom. The Kier molecular flexibility index (Phi) is 7.52. The number of aryl methyl sites for hydroxylation is 2. The Balaban J connectivity index is 1.47. The van der Waals surface area contributed by atoms with Gasteiger partial charge in [0.25, 0.3) is 5.91 Å². The molecule has 0 saturated carbocycles. The highest BCUT2D eigenvalue weighted by atomic mass is 35.5. The number of halogens is 1. The van der Waals surface area contributed by atoms with E-state index in [0.717, 1.165) is 19.3 Å². The summed E-state index contributed by atoms with van der Waals surface area (Å²) in [6, 6.07) is 8.72. The predicted molar refractivity (Wildman–Crippen MR) is 116 cm³/mol. The third-order valence-electron chi connectivity index (χ3n) is 5.09. The maximum Gasteiger partial charge on any atom is 0.306 e. The van der Waals surface area contributed by atoms with Crippen LogP contribution in [0.5, 0.6) is 11.5 Å². The lowest BCUT2D eigenvalue weighted by molar-refractivity contribution is -0.147. The fraction of sp³-hybridized carbons (Fsp3) is 0.348. The van der Waals surface area contributed by atoms with Crippen LogP contribution in [0.1, 0.15) is 40.7 Å². The second-order valence-electron chi connectivity index (χ2n) is 7.16. The van der Waals surface area contributed by atoms with E-state index >= 15 is 0 Å². The van der Waals surface area contributed by atoms with Gasteiger partial charge in [-0.2, -0.15) is 0 Å². The smallest absolute Gasteiger partial charge is 0.306 e. The molecule has 0 unspecified atom stereocenters. The van der Waals surface area contributed by atoms with Crippen molar-refractivity contribution in [1.82, 2.24) is 0 Å². The van der Waals surface area contributed by atoms with Gasteiger partial charge in [-0.1, -0.05) is 23.7 Å². The van der Waals surface area contributed by atoms with Gasteiger partial charge in [-0.25, -0.2) is 0 Å². The van der Waals surface area contributed by atoms with Gasteiger partial charge >= 0.3 is 5.97 Å². The summed E-state index contributed by atoms with van der Waals surface area (Å²) in [5.74, 6) is -0.548. The number of fused-ring (bicyclic) bond motifs is 1. The number of amides is 1. The van der Waals surface area contributed by atoms with Crippen molar-refractivity contribution in [2.24, 2.45) is 0 Å². The summed E-state index contributed by atoms with van der Waals surface area (Å²) in [5, 5.41) is 2.87. The number of anilines is 1. The summed E-state index contributed by atoms with van der Waals surface area (Å²) < 4.78 is 15.3. The monoisotopic (exact) mass is 445 g/mol. The van der Waals surface area contributed by atoms with Gasteiger partial charge in [0.2, 0.25) is 0 Å². The molecule has 0 spiro atoms. The highest BCUT2D eigenvalue weighted by molar-refractivity contribution is 6.32. The average Bonchev–Trinajstić information content (AvgIpc) is 3.24. The molecule has 1 amide bonds. The van der Waals surface area contributed by atoms with Crippen LogP contribution in [0, 0.1) is 0 Å². The molecule has 3 rings (SSSR count). The van der Waals surface area contributed by atoms with E-state index in [0.29, 0.717) is 27.8 Å². The third kappa shape index (κ3) is 5.76. The highest BCUT2D eigenvalue weighted by Gasteiger charge is 2.17. The minimum atomic E-state index is -0.621. The molecule has 31 heavy (non-hydrogen) atoms. The molecule has 1 aliphatic rings. The van der Waals surface area contributed by atoms with Crippen LogP contribution in [-0.2, 0) is 27.2 Å². The number of carbonyl (C=O) groups is 3. The summed E-state index contributed by atoms with van der Waals surface area (Å²) in [5.41, 5.74) is 3.42. The molecular formula is C23H24ClNO6. The molecule has 7 nitrogen and oxygen atoms in total. The lowest BCUT2D eigenvalue weighted by Crippen LogP contribution is -2.21. The molecule has 0 heterocycles. The highest BCUT2D eigenvalue weighted by Crippen LogP contribution is 2.35. The van der Waals surface area contributed by atoms with Crippen LogP contribution in [0.4, 0.5) is 5.69 Å². The van der Waals surface area contributed by atoms with Crippen LogP contribution in [0.3, 0.4) is 0 Å². The van der Waals surface area contributed by atoms with E-state index < -0.39 is 18.5 Å². The van der Waals surface area contributed by atoms with Gasteiger partial charge in [0.05, 0.1) is 31.4 Å². The molecule has 2 aromatic rings. The molecule has 0 aliphatic heterocycles. The quantitative estimate of drug-likeness (QED) is 0.463. The summed E-state index contributed by atoms with van der Waals surface area (Å²) >= 11 is 6.07. The SMILES string of the molecule is COc1cc(OC)c(NC(=O)COC(=O)CCC(=O)c2ccc3c(c2)CCC3)cc1Cl. The van der Waals surface area contributed by atoms with Crippen LogP contribution in [0.25, 0.3) is 0 Å². The van der Waals surface area contributed by atoms with Gasteiger partial charge in [0.1, 0.15) is 11.5 Å². The van der Waals surface area contributed by atoms with Crippen molar-refractivity contribution in [1.29, 1.82) is 0 Å². The number of methoxy groups -OCH3 is 2.